The van der Waals surface area contributed by atoms with Gasteiger partial charge in [-0.2, -0.15) is 0 Å². The summed E-state index contributed by atoms with van der Waals surface area (Å²) < 4.78 is 6.52. The molecule has 0 aliphatic rings. The minimum absolute atomic E-state index is 0.0101. The molecule has 2 aromatic heterocycles. The van der Waals surface area contributed by atoms with Crippen LogP contribution in [0.15, 0.2) is 33.0 Å². The summed E-state index contributed by atoms with van der Waals surface area (Å²) in [4.78, 5) is 0. The lowest BCUT2D eigenvalue weighted by atomic mass is 10.1. The van der Waals surface area contributed by atoms with Crippen LogP contribution in [-0.4, -0.2) is 20.4 Å². The van der Waals surface area contributed by atoms with Crippen LogP contribution >= 0.6 is 23.1 Å². The van der Waals surface area contributed by atoms with Crippen molar-refractivity contribution in [3.05, 3.63) is 35.7 Å². The summed E-state index contributed by atoms with van der Waals surface area (Å²) in [7, 11) is 0. The number of hydrogen-bond acceptors (Lipinski definition) is 8. The van der Waals surface area contributed by atoms with E-state index in [0.29, 0.717) is 16.9 Å². The Balaban J connectivity index is 1.76. The molecule has 0 unspecified atom stereocenters. The SMILES string of the molecule is Cc1ccc(-c2nnc([C@@H](C)Sc3nnc(N)s3)o2)cc1. The Hall–Kier alpha value is -1.93. The Morgan fingerprint density at radius 3 is 2.57 bits per heavy atom. The molecule has 0 spiro atoms. The van der Waals surface area contributed by atoms with E-state index in [2.05, 4.69) is 20.4 Å². The third-order valence-corrected chi connectivity index (χ3v) is 4.71. The largest absolute Gasteiger partial charge is 0.419 e. The maximum absolute atomic E-state index is 5.73. The number of anilines is 1. The number of hydrogen-bond donors (Lipinski definition) is 1. The molecule has 0 aliphatic carbocycles. The average Bonchev–Trinajstić information content (AvgIpc) is 3.09. The second-order valence-electron chi connectivity index (χ2n) is 4.48. The van der Waals surface area contributed by atoms with Gasteiger partial charge in [0.1, 0.15) is 0 Å². The highest BCUT2D eigenvalue weighted by molar-refractivity contribution is 8.01. The van der Waals surface area contributed by atoms with Crippen LogP contribution in [0.4, 0.5) is 5.13 Å². The van der Waals surface area contributed by atoms with Crippen molar-refractivity contribution in [1.82, 2.24) is 20.4 Å². The minimum atomic E-state index is -0.0101. The molecule has 0 saturated heterocycles. The van der Waals surface area contributed by atoms with E-state index in [0.717, 1.165) is 9.90 Å². The van der Waals surface area contributed by atoms with E-state index >= 15 is 0 Å². The molecule has 0 bridgehead atoms. The van der Waals surface area contributed by atoms with Crippen molar-refractivity contribution in [3.8, 4) is 11.5 Å². The van der Waals surface area contributed by atoms with Gasteiger partial charge in [-0.3, -0.25) is 0 Å². The molecule has 0 saturated carbocycles. The number of aromatic nitrogens is 4. The predicted octanol–water partition coefficient (Wildman–Crippen LogP) is 3.33. The Labute approximate surface area is 129 Å². The second-order valence-corrected chi connectivity index (χ2v) is 7.07. The van der Waals surface area contributed by atoms with Gasteiger partial charge in [-0.25, -0.2) is 0 Å². The van der Waals surface area contributed by atoms with Gasteiger partial charge >= 0.3 is 0 Å². The van der Waals surface area contributed by atoms with E-state index in [1.807, 2.05) is 38.1 Å². The van der Waals surface area contributed by atoms with Gasteiger partial charge in [-0.1, -0.05) is 40.8 Å². The van der Waals surface area contributed by atoms with Crippen molar-refractivity contribution in [2.45, 2.75) is 23.4 Å². The summed E-state index contributed by atoms with van der Waals surface area (Å²) in [5, 5.41) is 16.4. The smallest absolute Gasteiger partial charge is 0.247 e. The topological polar surface area (TPSA) is 90.7 Å². The number of thioether (sulfide) groups is 1. The highest BCUT2D eigenvalue weighted by atomic mass is 32.2. The lowest BCUT2D eigenvalue weighted by molar-refractivity contribution is 0.509. The molecule has 0 radical (unpaired) electrons. The van der Waals surface area contributed by atoms with Gasteiger partial charge in [-0.15, -0.1) is 20.4 Å². The van der Waals surface area contributed by atoms with Crippen LogP contribution in [0.3, 0.4) is 0 Å². The van der Waals surface area contributed by atoms with E-state index in [4.69, 9.17) is 10.2 Å². The van der Waals surface area contributed by atoms with E-state index < -0.39 is 0 Å². The van der Waals surface area contributed by atoms with Crippen LogP contribution in [0.5, 0.6) is 0 Å². The summed E-state index contributed by atoms with van der Waals surface area (Å²) in [5.74, 6) is 1.08. The Kier molecular flexibility index (Phi) is 3.89. The standard InChI is InChI=1S/C13H13N5OS2/c1-7-3-5-9(6-4-7)11-16-15-10(19-11)8(2)20-13-18-17-12(14)21-13/h3-6,8H,1-2H3,(H2,14,17)/t8-/m1/s1. The van der Waals surface area contributed by atoms with Gasteiger partial charge in [0.15, 0.2) is 4.34 Å². The molecule has 1 atom stereocenters. The fourth-order valence-electron chi connectivity index (χ4n) is 1.68. The number of nitrogens with zero attached hydrogens (tertiary/aromatic N) is 4. The van der Waals surface area contributed by atoms with Crippen molar-refractivity contribution >= 4 is 28.2 Å². The van der Waals surface area contributed by atoms with Crippen LogP contribution in [0.1, 0.15) is 23.6 Å². The molecule has 3 aromatic rings. The number of nitrogen functional groups attached to an aromatic ring is 1. The van der Waals surface area contributed by atoms with Gasteiger partial charge in [-0.05, 0) is 26.0 Å². The zero-order valence-electron chi connectivity index (χ0n) is 11.5. The molecule has 0 amide bonds. The number of rotatable bonds is 4. The Morgan fingerprint density at radius 2 is 1.90 bits per heavy atom. The van der Waals surface area contributed by atoms with Crippen LogP contribution in [0, 0.1) is 6.92 Å². The molecule has 108 valence electrons. The molecule has 6 nitrogen and oxygen atoms in total. The summed E-state index contributed by atoms with van der Waals surface area (Å²) in [6.45, 7) is 4.02. The first-order chi connectivity index (χ1) is 10.1. The minimum Gasteiger partial charge on any atom is -0.419 e. The second kappa shape index (κ2) is 5.82. The van der Waals surface area contributed by atoms with E-state index in [-0.39, 0.29) is 5.25 Å². The van der Waals surface area contributed by atoms with Gasteiger partial charge in [0, 0.05) is 5.56 Å². The normalized spacial score (nSPS) is 12.5. The molecule has 2 heterocycles. The summed E-state index contributed by atoms with van der Waals surface area (Å²) in [5.41, 5.74) is 7.67. The Bertz CT molecular complexity index is 737. The molecule has 0 aliphatic heterocycles. The van der Waals surface area contributed by atoms with E-state index in [9.17, 15) is 0 Å². The summed E-state index contributed by atoms with van der Waals surface area (Å²) in [6.07, 6.45) is 0. The zero-order chi connectivity index (χ0) is 14.8. The van der Waals surface area contributed by atoms with Gasteiger partial charge in [0.25, 0.3) is 0 Å². The van der Waals surface area contributed by atoms with Gasteiger partial charge < -0.3 is 10.2 Å². The number of nitrogens with two attached hydrogens (primary N) is 1. The Morgan fingerprint density at radius 1 is 1.14 bits per heavy atom. The quantitative estimate of drug-likeness (QED) is 0.737. The van der Waals surface area contributed by atoms with Gasteiger partial charge in [0.2, 0.25) is 16.9 Å². The zero-order valence-corrected chi connectivity index (χ0v) is 13.1. The number of aryl methyl sites for hydroxylation is 1. The molecule has 8 heteroatoms. The van der Waals surface area contributed by atoms with Crippen molar-refractivity contribution in [2.75, 3.05) is 5.73 Å². The van der Waals surface area contributed by atoms with Gasteiger partial charge in [0.05, 0.1) is 5.25 Å². The highest BCUT2D eigenvalue weighted by Crippen LogP contribution is 2.36. The molecular formula is C13H13N5OS2. The summed E-state index contributed by atoms with van der Waals surface area (Å²) in [6, 6.07) is 7.97. The van der Waals surface area contributed by atoms with Crippen LogP contribution in [-0.2, 0) is 0 Å². The van der Waals surface area contributed by atoms with E-state index in [1.54, 1.807) is 0 Å². The lowest BCUT2D eigenvalue weighted by Crippen LogP contribution is -1.88. The predicted molar refractivity (Wildman–Crippen MR) is 83.1 cm³/mol. The highest BCUT2D eigenvalue weighted by Gasteiger charge is 2.18. The molecule has 0 fully saturated rings. The molecular weight excluding hydrogens is 306 g/mol. The van der Waals surface area contributed by atoms with Crippen molar-refractivity contribution in [2.24, 2.45) is 0 Å². The van der Waals surface area contributed by atoms with Crippen LogP contribution in [0.25, 0.3) is 11.5 Å². The third-order valence-electron chi connectivity index (χ3n) is 2.79. The van der Waals surface area contributed by atoms with Crippen LogP contribution < -0.4 is 5.73 Å². The first kappa shape index (κ1) is 14.0. The van der Waals surface area contributed by atoms with Crippen molar-refractivity contribution < 1.29 is 4.42 Å². The summed E-state index contributed by atoms with van der Waals surface area (Å²) >= 11 is 2.84. The third kappa shape index (κ3) is 3.22. The average molecular weight is 319 g/mol. The van der Waals surface area contributed by atoms with E-state index in [1.165, 1.54) is 28.7 Å². The first-order valence-corrected chi connectivity index (χ1v) is 7.97. The first-order valence-electron chi connectivity index (χ1n) is 6.28. The maximum Gasteiger partial charge on any atom is 0.247 e. The molecule has 2 N–H and O–H groups in total. The van der Waals surface area contributed by atoms with Crippen molar-refractivity contribution in [1.29, 1.82) is 0 Å². The van der Waals surface area contributed by atoms with Crippen LogP contribution in [0.2, 0.25) is 0 Å². The maximum atomic E-state index is 5.73. The number of benzene rings is 1. The molecule has 1 aromatic carbocycles. The fourth-order valence-corrected chi connectivity index (χ4v) is 3.49. The molecule has 21 heavy (non-hydrogen) atoms. The monoisotopic (exact) mass is 319 g/mol. The fraction of sp³-hybridized carbons (Fsp3) is 0.231. The molecule has 3 rings (SSSR count). The van der Waals surface area contributed by atoms with Crippen molar-refractivity contribution in [3.63, 3.8) is 0 Å². The lowest BCUT2D eigenvalue weighted by Gasteiger charge is -2.02.